The number of aryl methyl sites for hydroxylation is 1. The van der Waals surface area contributed by atoms with Gasteiger partial charge in [0.1, 0.15) is 5.75 Å². The van der Waals surface area contributed by atoms with E-state index < -0.39 is 0 Å². The molecule has 0 spiro atoms. The molecular weight excluding hydrogens is 382 g/mol. The Bertz CT molecular complexity index is 819. The van der Waals surface area contributed by atoms with Gasteiger partial charge in [0.15, 0.2) is 0 Å². The molecule has 1 aromatic rings. The van der Waals surface area contributed by atoms with Crippen LogP contribution >= 0.6 is 0 Å². The Morgan fingerprint density at radius 2 is 1.71 bits per heavy atom. The number of piperidine rings is 1. The van der Waals surface area contributed by atoms with Gasteiger partial charge in [-0.05, 0) is 110 Å². The fourth-order valence-corrected chi connectivity index (χ4v) is 8.87. The highest BCUT2D eigenvalue weighted by Gasteiger charge is 2.60. The average molecular weight is 424 g/mol. The lowest BCUT2D eigenvalue weighted by Crippen LogP contribution is -2.61. The number of amides is 1. The van der Waals surface area contributed by atoms with E-state index in [1.165, 1.54) is 56.9 Å². The number of benzene rings is 1. The molecule has 170 valence electrons. The second-order valence-electron chi connectivity index (χ2n) is 11.7. The molecule has 31 heavy (non-hydrogen) atoms. The molecule has 1 amide bonds. The minimum atomic E-state index is 0.341. The van der Waals surface area contributed by atoms with Crippen LogP contribution in [-0.2, 0) is 11.2 Å². The zero-order valence-corrected chi connectivity index (χ0v) is 20.0. The Hall–Kier alpha value is -1.51. The number of nitrogens with zero attached hydrogens (tertiary/aromatic N) is 1. The van der Waals surface area contributed by atoms with Crippen molar-refractivity contribution in [3.63, 3.8) is 0 Å². The first-order chi connectivity index (χ1) is 14.9. The van der Waals surface area contributed by atoms with Crippen molar-refractivity contribution in [3.8, 4) is 5.75 Å². The maximum atomic E-state index is 12.4. The normalized spacial score (nSPS) is 42.0. The standard InChI is InChI=1S/C28H41NO2/c1-27-17-15-24-22(12-14-25-28(24,2)18-16-26(30)29(25)3)23(27)13-9-20(27)8-5-19-6-10-21(31-4)11-7-19/h6-7,10-11,20,22-25H,5,8-9,12-18H2,1-4H3/t20-,22-,23-,24-,25?,27+,28+/m0/s1. The number of carbonyl (C=O) groups excluding carboxylic acids is 1. The molecule has 0 N–H and O–H groups in total. The van der Waals surface area contributed by atoms with Gasteiger partial charge in [0.25, 0.3) is 0 Å². The van der Waals surface area contributed by atoms with Crippen molar-refractivity contribution >= 4 is 5.91 Å². The Kier molecular flexibility index (Phi) is 5.38. The van der Waals surface area contributed by atoms with Gasteiger partial charge in [-0.1, -0.05) is 26.0 Å². The fraction of sp³-hybridized carbons (Fsp3) is 0.750. The minimum absolute atomic E-state index is 0.341. The molecule has 0 radical (unpaired) electrons. The predicted molar refractivity (Wildman–Crippen MR) is 125 cm³/mol. The molecule has 7 atom stereocenters. The summed E-state index contributed by atoms with van der Waals surface area (Å²) in [7, 11) is 3.81. The first-order valence-corrected chi connectivity index (χ1v) is 12.8. The van der Waals surface area contributed by atoms with Crippen molar-refractivity contribution in [1.29, 1.82) is 0 Å². The van der Waals surface area contributed by atoms with E-state index in [2.05, 4.69) is 50.1 Å². The van der Waals surface area contributed by atoms with Crippen LogP contribution in [0.25, 0.3) is 0 Å². The van der Waals surface area contributed by atoms with Crippen molar-refractivity contribution in [3.05, 3.63) is 29.8 Å². The Balaban J connectivity index is 1.29. The van der Waals surface area contributed by atoms with Crippen LogP contribution < -0.4 is 4.74 Å². The van der Waals surface area contributed by atoms with Crippen LogP contribution in [0.15, 0.2) is 24.3 Å². The van der Waals surface area contributed by atoms with E-state index in [1.807, 2.05) is 0 Å². The van der Waals surface area contributed by atoms with Gasteiger partial charge >= 0.3 is 0 Å². The molecule has 1 aliphatic heterocycles. The predicted octanol–water partition coefficient (Wildman–Crippen LogP) is 6.11. The molecular formula is C28H41NO2. The maximum Gasteiger partial charge on any atom is 0.222 e. The number of hydrogen-bond donors (Lipinski definition) is 0. The van der Waals surface area contributed by atoms with Crippen molar-refractivity contribution in [1.82, 2.24) is 4.90 Å². The van der Waals surface area contributed by atoms with Gasteiger partial charge in [-0.25, -0.2) is 0 Å². The first-order valence-electron chi connectivity index (χ1n) is 12.8. The summed E-state index contributed by atoms with van der Waals surface area (Å²) in [4.78, 5) is 14.5. The van der Waals surface area contributed by atoms with E-state index in [9.17, 15) is 4.79 Å². The number of methoxy groups -OCH3 is 1. The third-order valence-corrected chi connectivity index (χ3v) is 10.7. The Morgan fingerprint density at radius 3 is 2.45 bits per heavy atom. The monoisotopic (exact) mass is 423 g/mol. The van der Waals surface area contributed by atoms with E-state index in [0.29, 0.717) is 22.8 Å². The summed E-state index contributed by atoms with van der Waals surface area (Å²) in [6.45, 7) is 5.18. The van der Waals surface area contributed by atoms with Gasteiger partial charge in [-0.3, -0.25) is 4.79 Å². The number of hydrogen-bond acceptors (Lipinski definition) is 2. The van der Waals surface area contributed by atoms with Crippen LogP contribution in [0.1, 0.15) is 77.2 Å². The molecule has 1 saturated heterocycles. The van der Waals surface area contributed by atoms with Gasteiger partial charge in [0.05, 0.1) is 7.11 Å². The van der Waals surface area contributed by atoms with Crippen molar-refractivity contribution in [2.45, 2.75) is 84.1 Å². The summed E-state index contributed by atoms with van der Waals surface area (Å²) >= 11 is 0. The average Bonchev–Trinajstić information content (AvgIpc) is 3.12. The fourth-order valence-electron chi connectivity index (χ4n) is 8.87. The number of ether oxygens (including phenoxy) is 1. The zero-order valence-electron chi connectivity index (χ0n) is 20.0. The lowest BCUT2D eigenvalue weighted by Gasteiger charge is -2.62. The second kappa shape index (κ2) is 7.81. The largest absolute Gasteiger partial charge is 0.497 e. The summed E-state index contributed by atoms with van der Waals surface area (Å²) in [5, 5.41) is 0. The number of likely N-dealkylation sites (tertiary alicyclic amines) is 1. The number of rotatable bonds is 4. The first kappa shape index (κ1) is 21.3. The van der Waals surface area contributed by atoms with Crippen LogP contribution in [0.5, 0.6) is 5.75 Å². The van der Waals surface area contributed by atoms with Crippen LogP contribution in [0, 0.1) is 34.5 Å². The molecule has 0 bridgehead atoms. The second-order valence-corrected chi connectivity index (χ2v) is 11.7. The molecule has 1 heterocycles. The summed E-state index contributed by atoms with van der Waals surface area (Å²) in [6, 6.07) is 9.17. The van der Waals surface area contributed by atoms with Gasteiger partial charge in [0, 0.05) is 19.5 Å². The SMILES string of the molecule is COc1ccc(CC[C@H]2CC[C@H]3[C@@H]4CCC5N(C)C(=O)CC[C@]5(C)[C@H]4CC[C@]23C)cc1. The van der Waals surface area contributed by atoms with E-state index in [4.69, 9.17) is 4.74 Å². The van der Waals surface area contributed by atoms with Gasteiger partial charge < -0.3 is 9.64 Å². The summed E-state index contributed by atoms with van der Waals surface area (Å²) < 4.78 is 5.32. The maximum absolute atomic E-state index is 12.4. The van der Waals surface area contributed by atoms with E-state index in [1.54, 1.807) is 7.11 Å². The molecule has 3 nitrogen and oxygen atoms in total. The van der Waals surface area contributed by atoms with Crippen molar-refractivity contribution in [2.24, 2.45) is 34.5 Å². The Labute approximate surface area is 188 Å². The molecule has 4 fully saturated rings. The minimum Gasteiger partial charge on any atom is -0.497 e. The zero-order chi connectivity index (χ0) is 21.8. The smallest absolute Gasteiger partial charge is 0.222 e. The topological polar surface area (TPSA) is 29.5 Å². The lowest BCUT2D eigenvalue weighted by atomic mass is 9.46. The van der Waals surface area contributed by atoms with Crippen LogP contribution in [0.4, 0.5) is 0 Å². The molecule has 1 aromatic carbocycles. The van der Waals surface area contributed by atoms with E-state index >= 15 is 0 Å². The van der Waals surface area contributed by atoms with Crippen LogP contribution in [0.2, 0.25) is 0 Å². The third kappa shape index (κ3) is 3.33. The Morgan fingerprint density at radius 1 is 0.968 bits per heavy atom. The number of carbonyl (C=O) groups is 1. The highest BCUT2D eigenvalue weighted by Crippen LogP contribution is 2.66. The van der Waals surface area contributed by atoms with Gasteiger partial charge in [0.2, 0.25) is 5.91 Å². The highest BCUT2D eigenvalue weighted by molar-refractivity contribution is 5.77. The quantitative estimate of drug-likeness (QED) is 0.585. The molecule has 5 rings (SSSR count). The summed E-state index contributed by atoms with van der Waals surface area (Å²) in [5.41, 5.74) is 2.31. The lowest BCUT2D eigenvalue weighted by molar-refractivity contribution is -0.158. The molecule has 1 unspecified atom stereocenters. The van der Waals surface area contributed by atoms with Crippen LogP contribution in [-0.4, -0.2) is 31.0 Å². The molecule has 3 heteroatoms. The van der Waals surface area contributed by atoms with Crippen LogP contribution in [0.3, 0.4) is 0 Å². The molecule has 0 aromatic heterocycles. The van der Waals surface area contributed by atoms with Crippen molar-refractivity contribution in [2.75, 3.05) is 14.2 Å². The molecule has 3 aliphatic carbocycles. The van der Waals surface area contributed by atoms with E-state index in [-0.39, 0.29) is 0 Å². The van der Waals surface area contributed by atoms with Gasteiger partial charge in [-0.15, -0.1) is 0 Å². The third-order valence-electron chi connectivity index (χ3n) is 10.7. The molecule has 4 aliphatic rings. The highest BCUT2D eigenvalue weighted by atomic mass is 16.5. The summed E-state index contributed by atoms with van der Waals surface area (Å²) in [5.74, 6) is 4.79. The van der Waals surface area contributed by atoms with E-state index in [0.717, 1.165) is 42.3 Å². The van der Waals surface area contributed by atoms with Gasteiger partial charge in [-0.2, -0.15) is 0 Å². The van der Waals surface area contributed by atoms with Crippen molar-refractivity contribution < 1.29 is 9.53 Å². The summed E-state index contributed by atoms with van der Waals surface area (Å²) in [6.07, 6.45) is 12.6. The molecule has 3 saturated carbocycles. The number of fused-ring (bicyclic) bond motifs is 5.